The predicted molar refractivity (Wildman–Crippen MR) is 74.2 cm³/mol. The van der Waals surface area contributed by atoms with E-state index in [-0.39, 0.29) is 5.56 Å². The summed E-state index contributed by atoms with van der Waals surface area (Å²) in [6.07, 6.45) is 6.23. The van der Waals surface area contributed by atoms with Crippen molar-refractivity contribution in [2.24, 2.45) is 0 Å². The Hall–Kier alpha value is -1.20. The first-order valence-electron chi connectivity index (χ1n) is 7.35. The van der Waals surface area contributed by atoms with Crippen LogP contribution in [0.3, 0.4) is 0 Å². The van der Waals surface area contributed by atoms with Crippen molar-refractivity contribution in [2.45, 2.75) is 38.8 Å². The molecule has 0 bridgehead atoms. The average molecular weight is 262 g/mol. The van der Waals surface area contributed by atoms with Gasteiger partial charge in [-0.1, -0.05) is 0 Å². The fourth-order valence-electron chi connectivity index (χ4n) is 3.02. The lowest BCUT2D eigenvalue weighted by atomic mass is 10.1. The van der Waals surface area contributed by atoms with Crippen molar-refractivity contribution < 1.29 is 0 Å². The topological polar surface area (TPSA) is 50.2 Å². The van der Waals surface area contributed by atoms with E-state index in [0.717, 1.165) is 50.3 Å². The van der Waals surface area contributed by atoms with Crippen LogP contribution in [0.25, 0.3) is 0 Å². The minimum Gasteiger partial charge on any atom is -0.311 e. The molecule has 2 aliphatic heterocycles. The van der Waals surface area contributed by atoms with E-state index in [9.17, 15) is 4.79 Å². The Kier molecular flexibility index (Phi) is 3.94. The third kappa shape index (κ3) is 2.87. The Balaban J connectivity index is 1.62. The van der Waals surface area contributed by atoms with Gasteiger partial charge in [0.1, 0.15) is 0 Å². The third-order valence-corrected chi connectivity index (χ3v) is 4.14. The van der Waals surface area contributed by atoms with Gasteiger partial charge in [-0.2, -0.15) is 0 Å². The molecule has 1 aromatic heterocycles. The maximum absolute atomic E-state index is 12.3. The summed E-state index contributed by atoms with van der Waals surface area (Å²) in [7, 11) is 0. The normalized spacial score (nSPS) is 19.6. The van der Waals surface area contributed by atoms with E-state index in [1.807, 2.05) is 0 Å². The molecular formula is C14H22N4O. The van der Waals surface area contributed by atoms with Crippen LogP contribution < -0.4 is 10.9 Å². The Morgan fingerprint density at radius 3 is 2.95 bits per heavy atom. The zero-order valence-corrected chi connectivity index (χ0v) is 11.4. The number of hydrogen-bond donors (Lipinski definition) is 1. The van der Waals surface area contributed by atoms with Gasteiger partial charge >= 0.3 is 0 Å². The molecule has 19 heavy (non-hydrogen) atoms. The monoisotopic (exact) mass is 262 g/mol. The summed E-state index contributed by atoms with van der Waals surface area (Å²) in [4.78, 5) is 19.2. The van der Waals surface area contributed by atoms with Gasteiger partial charge in [0.15, 0.2) is 0 Å². The zero-order valence-electron chi connectivity index (χ0n) is 11.4. The van der Waals surface area contributed by atoms with Gasteiger partial charge in [0, 0.05) is 18.7 Å². The molecule has 1 saturated heterocycles. The fourth-order valence-corrected chi connectivity index (χ4v) is 3.02. The quantitative estimate of drug-likeness (QED) is 0.852. The number of nitrogens with one attached hydrogen (secondary N) is 1. The number of fused-ring (bicyclic) bond motifs is 1. The van der Waals surface area contributed by atoms with E-state index in [1.165, 1.54) is 25.9 Å². The Morgan fingerprint density at radius 2 is 2.11 bits per heavy atom. The maximum Gasteiger partial charge on any atom is 0.256 e. The second-order valence-corrected chi connectivity index (χ2v) is 5.50. The van der Waals surface area contributed by atoms with Gasteiger partial charge in [-0.3, -0.25) is 9.36 Å². The molecule has 0 aliphatic carbocycles. The van der Waals surface area contributed by atoms with Gasteiger partial charge < -0.3 is 10.2 Å². The van der Waals surface area contributed by atoms with Gasteiger partial charge in [-0.05, 0) is 51.9 Å². The summed E-state index contributed by atoms with van der Waals surface area (Å²) >= 11 is 0. The number of likely N-dealkylation sites (tertiary alicyclic amines) is 1. The summed E-state index contributed by atoms with van der Waals surface area (Å²) in [6, 6.07) is 0. The van der Waals surface area contributed by atoms with Crippen LogP contribution in [0, 0.1) is 0 Å². The Labute approximate surface area is 113 Å². The number of rotatable bonds is 4. The van der Waals surface area contributed by atoms with E-state index in [0.29, 0.717) is 0 Å². The summed E-state index contributed by atoms with van der Waals surface area (Å²) in [5.74, 6) is 0. The molecule has 0 spiro atoms. The van der Waals surface area contributed by atoms with Crippen LogP contribution in [0.4, 0.5) is 0 Å². The minimum atomic E-state index is 0.174. The highest BCUT2D eigenvalue weighted by Gasteiger charge is 2.15. The summed E-state index contributed by atoms with van der Waals surface area (Å²) < 4.78 is 1.79. The Morgan fingerprint density at radius 1 is 1.26 bits per heavy atom. The molecular weight excluding hydrogens is 240 g/mol. The van der Waals surface area contributed by atoms with Crippen molar-refractivity contribution in [3.63, 3.8) is 0 Å². The predicted octanol–water partition coefficient (Wildman–Crippen LogP) is 0.375. The second-order valence-electron chi connectivity index (χ2n) is 5.50. The van der Waals surface area contributed by atoms with E-state index < -0.39 is 0 Å². The molecule has 1 fully saturated rings. The molecule has 0 unspecified atom stereocenters. The van der Waals surface area contributed by atoms with Gasteiger partial charge in [-0.25, -0.2) is 4.98 Å². The SMILES string of the molecule is O=c1c2c(ncn1CCCN1CCCC1)CNCC2. The average Bonchev–Trinajstić information content (AvgIpc) is 2.95. The Bertz CT molecular complexity index is 491. The molecule has 0 saturated carbocycles. The minimum absolute atomic E-state index is 0.174. The molecule has 0 radical (unpaired) electrons. The lowest BCUT2D eigenvalue weighted by molar-refractivity contribution is 0.324. The van der Waals surface area contributed by atoms with Gasteiger partial charge in [0.05, 0.1) is 12.0 Å². The molecule has 3 rings (SSSR count). The van der Waals surface area contributed by atoms with Crippen LogP contribution in [0.1, 0.15) is 30.5 Å². The molecule has 3 heterocycles. The molecule has 0 aromatic carbocycles. The van der Waals surface area contributed by atoms with Crippen LogP contribution in [-0.4, -0.2) is 40.6 Å². The molecule has 2 aliphatic rings. The number of nitrogens with zero attached hydrogens (tertiary/aromatic N) is 3. The van der Waals surface area contributed by atoms with E-state index in [2.05, 4.69) is 15.2 Å². The number of aromatic nitrogens is 2. The number of aryl methyl sites for hydroxylation is 1. The second kappa shape index (κ2) is 5.84. The molecule has 5 nitrogen and oxygen atoms in total. The first-order valence-corrected chi connectivity index (χ1v) is 7.35. The standard InChI is InChI=1S/C14H22N4O/c19-14-12-4-5-15-10-13(12)16-11-18(14)9-3-8-17-6-1-2-7-17/h11,15H,1-10H2. The molecule has 1 aromatic rings. The molecule has 5 heteroatoms. The lowest BCUT2D eigenvalue weighted by Crippen LogP contribution is -2.34. The van der Waals surface area contributed by atoms with Crippen molar-refractivity contribution in [3.05, 3.63) is 27.9 Å². The first kappa shape index (κ1) is 12.8. The van der Waals surface area contributed by atoms with Crippen LogP contribution >= 0.6 is 0 Å². The summed E-state index contributed by atoms with van der Waals surface area (Å²) in [5.41, 5.74) is 2.03. The van der Waals surface area contributed by atoms with Crippen LogP contribution in [-0.2, 0) is 19.5 Å². The molecule has 1 N–H and O–H groups in total. The van der Waals surface area contributed by atoms with Crippen molar-refractivity contribution in [1.29, 1.82) is 0 Å². The highest BCUT2D eigenvalue weighted by Crippen LogP contribution is 2.08. The van der Waals surface area contributed by atoms with E-state index in [1.54, 1.807) is 10.9 Å². The van der Waals surface area contributed by atoms with Gasteiger partial charge in [-0.15, -0.1) is 0 Å². The van der Waals surface area contributed by atoms with Crippen LogP contribution in [0.2, 0.25) is 0 Å². The van der Waals surface area contributed by atoms with Gasteiger partial charge in [0.2, 0.25) is 0 Å². The lowest BCUT2D eigenvalue weighted by Gasteiger charge is -2.18. The van der Waals surface area contributed by atoms with E-state index in [4.69, 9.17) is 0 Å². The summed E-state index contributed by atoms with van der Waals surface area (Å²) in [5, 5.41) is 3.25. The largest absolute Gasteiger partial charge is 0.311 e. The van der Waals surface area contributed by atoms with Crippen molar-refractivity contribution in [3.8, 4) is 0 Å². The molecule has 104 valence electrons. The van der Waals surface area contributed by atoms with Crippen LogP contribution in [0.5, 0.6) is 0 Å². The molecule has 0 amide bonds. The highest BCUT2D eigenvalue weighted by atomic mass is 16.1. The summed E-state index contributed by atoms with van der Waals surface area (Å²) in [6.45, 7) is 5.97. The highest BCUT2D eigenvalue weighted by molar-refractivity contribution is 5.19. The fraction of sp³-hybridized carbons (Fsp3) is 0.714. The van der Waals surface area contributed by atoms with Crippen LogP contribution in [0.15, 0.2) is 11.1 Å². The first-order chi connectivity index (χ1) is 9.34. The van der Waals surface area contributed by atoms with Crippen molar-refractivity contribution >= 4 is 0 Å². The van der Waals surface area contributed by atoms with Crippen molar-refractivity contribution in [2.75, 3.05) is 26.2 Å². The smallest absolute Gasteiger partial charge is 0.256 e. The van der Waals surface area contributed by atoms with E-state index >= 15 is 0 Å². The third-order valence-electron chi connectivity index (χ3n) is 4.14. The molecule has 0 atom stereocenters. The van der Waals surface area contributed by atoms with Crippen molar-refractivity contribution in [1.82, 2.24) is 19.8 Å². The zero-order chi connectivity index (χ0) is 13.1. The number of hydrogen-bond acceptors (Lipinski definition) is 4. The van der Waals surface area contributed by atoms with Gasteiger partial charge in [0.25, 0.3) is 5.56 Å². The maximum atomic E-state index is 12.3.